The molecule has 0 fully saturated rings. The van der Waals surface area contributed by atoms with Crippen molar-refractivity contribution in [2.75, 3.05) is 14.2 Å². The molecule has 0 saturated heterocycles. The summed E-state index contributed by atoms with van der Waals surface area (Å²) in [4.78, 5) is 11.5. The van der Waals surface area contributed by atoms with Gasteiger partial charge in [0.15, 0.2) is 0 Å². The zero-order chi connectivity index (χ0) is 13.5. The number of carbonyl (C=O) groups excluding carboxylic acids is 1. The second-order valence-corrected chi connectivity index (χ2v) is 4.16. The first-order chi connectivity index (χ1) is 8.56. The molecule has 0 radical (unpaired) electrons. The molecule has 0 bridgehead atoms. The first kappa shape index (κ1) is 14.2. The van der Waals surface area contributed by atoms with E-state index < -0.39 is 0 Å². The van der Waals surface area contributed by atoms with Gasteiger partial charge in [0.25, 0.3) is 0 Å². The van der Waals surface area contributed by atoms with Gasteiger partial charge in [0.05, 0.1) is 14.2 Å². The quantitative estimate of drug-likeness (QED) is 0.841. The number of rotatable bonds is 5. The molecule has 1 rings (SSSR count). The van der Waals surface area contributed by atoms with E-state index >= 15 is 0 Å². The molecule has 1 aromatic carbocycles. The fourth-order valence-corrected chi connectivity index (χ4v) is 1.49. The predicted molar refractivity (Wildman–Crippen MR) is 70.1 cm³/mol. The molecule has 0 atom stereocenters. The molecular weight excluding hydrogens is 232 g/mol. The number of carbonyl (C=O) groups is 1. The highest BCUT2D eigenvalue weighted by Crippen LogP contribution is 2.24. The Morgan fingerprint density at radius 3 is 2.56 bits per heavy atom. The number of nitrogens with one attached hydrogen (secondary N) is 2. The largest absolute Gasteiger partial charge is 0.497 e. The fourth-order valence-electron chi connectivity index (χ4n) is 1.49. The van der Waals surface area contributed by atoms with Crippen LogP contribution in [0.25, 0.3) is 0 Å². The molecule has 0 spiro atoms. The average molecular weight is 252 g/mol. The molecule has 0 aliphatic heterocycles. The van der Waals surface area contributed by atoms with Gasteiger partial charge < -0.3 is 20.1 Å². The molecule has 100 valence electrons. The number of benzene rings is 1. The first-order valence-corrected chi connectivity index (χ1v) is 5.82. The van der Waals surface area contributed by atoms with Crippen LogP contribution < -0.4 is 20.1 Å². The number of urea groups is 1. The summed E-state index contributed by atoms with van der Waals surface area (Å²) >= 11 is 0. The molecule has 5 nitrogen and oxygen atoms in total. The Hall–Kier alpha value is -1.91. The van der Waals surface area contributed by atoms with E-state index in [4.69, 9.17) is 9.47 Å². The third-order valence-electron chi connectivity index (χ3n) is 2.35. The number of hydrogen-bond donors (Lipinski definition) is 2. The van der Waals surface area contributed by atoms with Crippen molar-refractivity contribution in [1.29, 1.82) is 0 Å². The molecule has 2 N–H and O–H groups in total. The van der Waals surface area contributed by atoms with Crippen molar-refractivity contribution >= 4 is 6.03 Å². The van der Waals surface area contributed by atoms with Gasteiger partial charge >= 0.3 is 6.03 Å². The van der Waals surface area contributed by atoms with Gasteiger partial charge in [-0.3, -0.25) is 0 Å². The van der Waals surface area contributed by atoms with Crippen molar-refractivity contribution in [2.45, 2.75) is 26.4 Å². The minimum atomic E-state index is -0.192. The lowest BCUT2D eigenvalue weighted by Crippen LogP contribution is -2.39. The van der Waals surface area contributed by atoms with E-state index in [1.807, 2.05) is 26.0 Å². The smallest absolute Gasteiger partial charge is 0.315 e. The Morgan fingerprint density at radius 1 is 1.28 bits per heavy atom. The van der Waals surface area contributed by atoms with Crippen molar-refractivity contribution < 1.29 is 14.3 Å². The van der Waals surface area contributed by atoms with E-state index in [1.165, 1.54) is 0 Å². The van der Waals surface area contributed by atoms with Crippen LogP contribution in [-0.2, 0) is 6.54 Å². The summed E-state index contributed by atoms with van der Waals surface area (Å²) < 4.78 is 10.4. The molecule has 0 unspecified atom stereocenters. The van der Waals surface area contributed by atoms with Gasteiger partial charge in [-0.2, -0.15) is 0 Å². The van der Waals surface area contributed by atoms with Crippen LogP contribution >= 0.6 is 0 Å². The van der Waals surface area contributed by atoms with E-state index in [1.54, 1.807) is 20.3 Å². The van der Waals surface area contributed by atoms with Gasteiger partial charge in [-0.15, -0.1) is 0 Å². The zero-order valence-electron chi connectivity index (χ0n) is 11.2. The standard InChI is InChI=1S/C13H20N2O3/c1-9(2)15-13(16)14-8-10-5-6-11(17-3)7-12(10)18-4/h5-7,9H,8H2,1-4H3,(H2,14,15,16). The molecule has 1 aromatic rings. The van der Waals surface area contributed by atoms with Gasteiger partial charge in [0.1, 0.15) is 11.5 Å². The molecular formula is C13H20N2O3. The Bertz CT molecular complexity index is 405. The van der Waals surface area contributed by atoms with Crippen molar-refractivity contribution in [3.05, 3.63) is 23.8 Å². The summed E-state index contributed by atoms with van der Waals surface area (Å²) in [6, 6.07) is 5.41. The summed E-state index contributed by atoms with van der Waals surface area (Å²) in [6.07, 6.45) is 0. The lowest BCUT2D eigenvalue weighted by molar-refractivity contribution is 0.238. The number of hydrogen-bond acceptors (Lipinski definition) is 3. The van der Waals surface area contributed by atoms with Crippen LogP contribution in [0.15, 0.2) is 18.2 Å². The number of methoxy groups -OCH3 is 2. The van der Waals surface area contributed by atoms with E-state index in [0.29, 0.717) is 12.3 Å². The summed E-state index contributed by atoms with van der Waals surface area (Å²) in [5.74, 6) is 1.42. The average Bonchev–Trinajstić information content (AvgIpc) is 2.35. The van der Waals surface area contributed by atoms with Gasteiger partial charge in [0.2, 0.25) is 0 Å². The van der Waals surface area contributed by atoms with Crippen LogP contribution in [0, 0.1) is 0 Å². The van der Waals surface area contributed by atoms with Gasteiger partial charge in [0, 0.05) is 24.2 Å². The van der Waals surface area contributed by atoms with Gasteiger partial charge in [-0.25, -0.2) is 4.79 Å². The SMILES string of the molecule is COc1ccc(CNC(=O)NC(C)C)c(OC)c1. The summed E-state index contributed by atoms with van der Waals surface area (Å²) in [5.41, 5.74) is 0.900. The number of amides is 2. The second kappa shape index (κ2) is 6.74. The molecule has 18 heavy (non-hydrogen) atoms. The van der Waals surface area contributed by atoms with Crippen LogP contribution in [0.4, 0.5) is 4.79 Å². The minimum Gasteiger partial charge on any atom is -0.497 e. The molecule has 0 aliphatic rings. The third kappa shape index (κ3) is 4.16. The highest BCUT2D eigenvalue weighted by Gasteiger charge is 2.07. The molecule has 0 saturated carbocycles. The van der Waals surface area contributed by atoms with Crippen molar-refractivity contribution in [2.24, 2.45) is 0 Å². The molecule has 2 amide bonds. The summed E-state index contributed by atoms with van der Waals surface area (Å²) in [7, 11) is 3.19. The maximum atomic E-state index is 11.5. The van der Waals surface area contributed by atoms with E-state index in [9.17, 15) is 4.79 Å². The zero-order valence-corrected chi connectivity index (χ0v) is 11.2. The highest BCUT2D eigenvalue weighted by atomic mass is 16.5. The predicted octanol–water partition coefficient (Wildman–Crippen LogP) is 1.91. The lowest BCUT2D eigenvalue weighted by atomic mass is 10.2. The normalized spacial score (nSPS) is 10.1. The molecule has 5 heteroatoms. The van der Waals surface area contributed by atoms with Crippen LogP contribution in [0.3, 0.4) is 0 Å². The summed E-state index contributed by atoms with van der Waals surface area (Å²) in [6.45, 7) is 4.23. The maximum absolute atomic E-state index is 11.5. The Labute approximate surface area is 107 Å². The van der Waals surface area contributed by atoms with Gasteiger partial charge in [-0.05, 0) is 26.0 Å². The Morgan fingerprint density at radius 2 is 2.00 bits per heavy atom. The van der Waals surface area contributed by atoms with Crippen molar-refractivity contribution in [3.8, 4) is 11.5 Å². The Balaban J connectivity index is 2.64. The monoisotopic (exact) mass is 252 g/mol. The molecule has 0 aliphatic carbocycles. The van der Waals surface area contributed by atoms with Crippen LogP contribution in [0.2, 0.25) is 0 Å². The summed E-state index contributed by atoms with van der Waals surface area (Å²) in [5, 5.41) is 5.53. The Kier molecular flexibility index (Phi) is 5.30. The topological polar surface area (TPSA) is 59.6 Å². The molecule has 0 heterocycles. The van der Waals surface area contributed by atoms with Crippen LogP contribution in [-0.4, -0.2) is 26.3 Å². The highest BCUT2D eigenvalue weighted by molar-refractivity contribution is 5.74. The maximum Gasteiger partial charge on any atom is 0.315 e. The van der Waals surface area contributed by atoms with Crippen LogP contribution in [0.1, 0.15) is 19.4 Å². The fraction of sp³-hybridized carbons (Fsp3) is 0.462. The first-order valence-electron chi connectivity index (χ1n) is 5.82. The van der Waals surface area contributed by atoms with Crippen molar-refractivity contribution in [1.82, 2.24) is 10.6 Å². The third-order valence-corrected chi connectivity index (χ3v) is 2.35. The van der Waals surface area contributed by atoms with E-state index in [-0.39, 0.29) is 12.1 Å². The number of ether oxygens (including phenoxy) is 2. The lowest BCUT2D eigenvalue weighted by Gasteiger charge is -2.13. The van der Waals surface area contributed by atoms with E-state index in [2.05, 4.69) is 10.6 Å². The van der Waals surface area contributed by atoms with Crippen LogP contribution in [0.5, 0.6) is 11.5 Å². The molecule has 0 aromatic heterocycles. The van der Waals surface area contributed by atoms with Crippen molar-refractivity contribution in [3.63, 3.8) is 0 Å². The second-order valence-electron chi connectivity index (χ2n) is 4.16. The minimum absolute atomic E-state index is 0.114. The van der Waals surface area contributed by atoms with E-state index in [0.717, 1.165) is 11.3 Å². The van der Waals surface area contributed by atoms with Gasteiger partial charge in [-0.1, -0.05) is 0 Å².